The summed E-state index contributed by atoms with van der Waals surface area (Å²) in [6.45, 7) is 16.1. The molecule has 40 heavy (non-hydrogen) atoms. The van der Waals surface area contributed by atoms with Crippen molar-refractivity contribution in [3.05, 3.63) is 11.3 Å². The molecule has 0 amide bonds. The second-order valence-electron chi connectivity index (χ2n) is 14.5. The third kappa shape index (κ3) is 4.77. The van der Waals surface area contributed by atoms with Gasteiger partial charge < -0.3 is 19.7 Å². The monoisotopic (exact) mass is 560 g/mol. The summed E-state index contributed by atoms with van der Waals surface area (Å²) < 4.78 is 11.9. The molecular formula is C33H52O7. The number of carbonyl (C=O) groups is 3. The average Bonchev–Trinajstić information content (AvgIpc) is 2.86. The van der Waals surface area contributed by atoms with Crippen molar-refractivity contribution >= 4 is 17.7 Å². The molecular weight excluding hydrogens is 508 g/mol. The number of aliphatic hydroxyl groups excluding tert-OH is 2. The smallest absolute Gasteiger partial charge is 0.313 e. The molecule has 3 saturated carbocycles. The Morgan fingerprint density at radius 1 is 0.975 bits per heavy atom. The van der Waals surface area contributed by atoms with Crippen molar-refractivity contribution in [2.45, 2.75) is 138 Å². The summed E-state index contributed by atoms with van der Waals surface area (Å²) in [5, 5.41) is 22.0. The molecule has 3 fully saturated rings. The fourth-order valence-corrected chi connectivity index (χ4v) is 10.2. The van der Waals surface area contributed by atoms with E-state index in [1.807, 2.05) is 6.92 Å². The lowest BCUT2D eigenvalue weighted by Crippen LogP contribution is -2.68. The molecule has 7 heteroatoms. The highest BCUT2D eigenvalue weighted by Gasteiger charge is 2.70. The first kappa shape index (κ1) is 31.2. The van der Waals surface area contributed by atoms with Crippen LogP contribution in [0.15, 0.2) is 11.3 Å². The molecule has 0 aromatic carbocycles. The molecule has 2 N–H and O–H groups in total. The van der Waals surface area contributed by atoms with E-state index in [1.165, 1.54) is 26.7 Å². The minimum Gasteiger partial charge on any atom is -0.462 e. The van der Waals surface area contributed by atoms with Crippen LogP contribution in [-0.4, -0.2) is 46.2 Å². The van der Waals surface area contributed by atoms with Crippen molar-refractivity contribution in [1.29, 1.82) is 0 Å². The van der Waals surface area contributed by atoms with Gasteiger partial charge in [0.1, 0.15) is 11.9 Å². The maximum absolute atomic E-state index is 13.0. The van der Waals surface area contributed by atoms with Gasteiger partial charge >= 0.3 is 11.9 Å². The van der Waals surface area contributed by atoms with E-state index in [9.17, 15) is 24.6 Å². The largest absolute Gasteiger partial charge is 0.462 e. The molecule has 1 unspecified atom stereocenters. The molecule has 4 rings (SSSR count). The minimum atomic E-state index is -1.25. The topological polar surface area (TPSA) is 110 Å². The first-order valence-corrected chi connectivity index (χ1v) is 15.6. The van der Waals surface area contributed by atoms with E-state index in [2.05, 4.69) is 27.7 Å². The van der Waals surface area contributed by atoms with Crippen LogP contribution < -0.4 is 0 Å². The van der Waals surface area contributed by atoms with Crippen LogP contribution in [-0.2, 0) is 23.9 Å². The maximum Gasteiger partial charge on any atom is 0.313 e. The van der Waals surface area contributed by atoms with Crippen molar-refractivity contribution in [1.82, 2.24) is 0 Å². The normalized spacial score (nSPS) is 43.6. The lowest BCUT2D eigenvalue weighted by Gasteiger charge is -2.70. The summed E-state index contributed by atoms with van der Waals surface area (Å²) in [5.41, 5.74) is -0.725. The molecule has 0 aromatic heterocycles. The van der Waals surface area contributed by atoms with Gasteiger partial charge in [0.2, 0.25) is 0 Å². The molecule has 4 aliphatic rings. The number of carbonyl (C=O) groups excluding carboxylic acids is 3. The van der Waals surface area contributed by atoms with E-state index in [1.54, 1.807) is 6.92 Å². The molecule has 0 heterocycles. The van der Waals surface area contributed by atoms with Gasteiger partial charge in [-0.25, -0.2) is 0 Å². The van der Waals surface area contributed by atoms with E-state index < -0.39 is 29.7 Å². The standard InChI is InChI=1S/C33H52O7/c1-9-21(36)16-27(37)40-22-17-25-32(7)15-12-23-30(5,10-2)13-11-14-31(23,6)24(32)18-26(39-20(4)35)33(25,8)29(38)28(22)19(3)34/h21,23-26,29,36,38H,9-18H2,1-8H3/t21?,23-,24+,25-,26-,29-,30-,31-,32+,33+/m0/s1. The van der Waals surface area contributed by atoms with E-state index in [4.69, 9.17) is 9.47 Å². The Hall–Kier alpha value is -1.73. The summed E-state index contributed by atoms with van der Waals surface area (Å²) in [6.07, 6.45) is 5.29. The number of hydrogen-bond donors (Lipinski definition) is 2. The van der Waals surface area contributed by atoms with Crippen LogP contribution in [0.5, 0.6) is 0 Å². The van der Waals surface area contributed by atoms with Crippen molar-refractivity contribution in [2.75, 3.05) is 0 Å². The summed E-state index contributed by atoms with van der Waals surface area (Å²) in [6, 6.07) is 0. The molecule has 0 radical (unpaired) electrons. The van der Waals surface area contributed by atoms with Gasteiger partial charge in [-0.05, 0) is 79.4 Å². The Labute approximate surface area is 240 Å². The zero-order valence-corrected chi connectivity index (χ0v) is 26.0. The van der Waals surface area contributed by atoms with E-state index >= 15 is 0 Å². The first-order chi connectivity index (χ1) is 18.6. The second-order valence-corrected chi connectivity index (χ2v) is 14.5. The van der Waals surface area contributed by atoms with Crippen LogP contribution in [0.4, 0.5) is 0 Å². The number of ketones is 1. The Balaban J connectivity index is 1.83. The number of aliphatic hydroxyl groups is 2. The van der Waals surface area contributed by atoms with Crippen molar-refractivity contribution < 1.29 is 34.1 Å². The summed E-state index contributed by atoms with van der Waals surface area (Å²) >= 11 is 0. The first-order valence-electron chi connectivity index (χ1n) is 15.6. The minimum absolute atomic E-state index is 0.0489. The third-order valence-electron chi connectivity index (χ3n) is 12.5. The second kappa shape index (κ2) is 10.8. The Morgan fingerprint density at radius 3 is 2.20 bits per heavy atom. The number of rotatable bonds is 7. The molecule has 0 saturated heterocycles. The van der Waals surface area contributed by atoms with Crippen molar-refractivity contribution in [3.8, 4) is 0 Å². The number of fused-ring (bicyclic) bond motifs is 5. The van der Waals surface area contributed by atoms with Gasteiger partial charge in [-0.1, -0.05) is 54.4 Å². The lowest BCUT2D eigenvalue weighted by atomic mass is 9.35. The van der Waals surface area contributed by atoms with Gasteiger partial charge in [-0.15, -0.1) is 0 Å². The molecule has 4 aliphatic carbocycles. The fraction of sp³-hybridized carbons (Fsp3) is 0.848. The van der Waals surface area contributed by atoms with Crippen LogP contribution in [0.2, 0.25) is 0 Å². The molecule has 0 bridgehead atoms. The van der Waals surface area contributed by atoms with Crippen molar-refractivity contribution in [2.24, 2.45) is 39.4 Å². The zero-order valence-electron chi connectivity index (χ0n) is 26.0. The SMILES string of the molecule is CCC(O)CC(=O)OC1=C(C(C)=O)[C@H](O)[C@@]2(C)[C@@H](OC(C)=O)C[C@@H]3[C@@]4(C)CCC[C@](C)(CC)[C@@H]4CC[C@@]3(C)[C@@H]2C1. The van der Waals surface area contributed by atoms with Crippen LogP contribution in [0.3, 0.4) is 0 Å². The van der Waals surface area contributed by atoms with E-state index in [0.29, 0.717) is 25.2 Å². The average molecular weight is 561 g/mol. The number of ether oxygens (including phenoxy) is 2. The predicted molar refractivity (Wildman–Crippen MR) is 152 cm³/mol. The lowest BCUT2D eigenvalue weighted by molar-refractivity contribution is -0.251. The van der Waals surface area contributed by atoms with Gasteiger partial charge in [0, 0.05) is 18.8 Å². The summed E-state index contributed by atoms with van der Waals surface area (Å²) in [7, 11) is 0. The third-order valence-corrected chi connectivity index (χ3v) is 12.5. The Kier molecular flexibility index (Phi) is 8.45. The molecule has 226 valence electrons. The van der Waals surface area contributed by atoms with Gasteiger partial charge in [0.15, 0.2) is 5.78 Å². The zero-order chi connectivity index (χ0) is 29.8. The molecule has 0 aromatic rings. The number of esters is 2. The van der Waals surface area contributed by atoms with E-state index in [-0.39, 0.29) is 57.6 Å². The summed E-state index contributed by atoms with van der Waals surface area (Å²) in [4.78, 5) is 38.3. The summed E-state index contributed by atoms with van der Waals surface area (Å²) in [5.74, 6) is -0.502. The molecule has 0 aliphatic heterocycles. The van der Waals surface area contributed by atoms with Gasteiger partial charge in [-0.2, -0.15) is 0 Å². The maximum atomic E-state index is 13.0. The van der Waals surface area contributed by atoms with Crippen LogP contribution in [0.1, 0.15) is 120 Å². The quantitative estimate of drug-likeness (QED) is 0.373. The fourth-order valence-electron chi connectivity index (χ4n) is 10.2. The highest BCUT2D eigenvalue weighted by atomic mass is 16.5. The van der Waals surface area contributed by atoms with Gasteiger partial charge in [0.25, 0.3) is 0 Å². The highest BCUT2D eigenvalue weighted by molar-refractivity contribution is 5.95. The highest BCUT2D eigenvalue weighted by Crippen LogP contribution is 2.73. The number of hydrogen-bond acceptors (Lipinski definition) is 7. The molecule has 10 atom stereocenters. The number of allylic oxidation sites excluding steroid dienone is 1. The van der Waals surface area contributed by atoms with Crippen LogP contribution in [0, 0.1) is 39.4 Å². The van der Waals surface area contributed by atoms with Gasteiger partial charge in [0.05, 0.1) is 24.2 Å². The predicted octanol–water partition coefficient (Wildman–Crippen LogP) is 5.90. The Bertz CT molecular complexity index is 1070. The Morgan fingerprint density at radius 2 is 1.62 bits per heavy atom. The van der Waals surface area contributed by atoms with Gasteiger partial charge in [-0.3, -0.25) is 14.4 Å². The van der Waals surface area contributed by atoms with Crippen molar-refractivity contribution in [3.63, 3.8) is 0 Å². The number of Topliss-reactive ketones (excluding diaryl/α,β-unsaturated/α-hetero) is 1. The van der Waals surface area contributed by atoms with Crippen LogP contribution >= 0.6 is 0 Å². The van der Waals surface area contributed by atoms with E-state index in [0.717, 1.165) is 25.7 Å². The molecule has 0 spiro atoms. The van der Waals surface area contributed by atoms with Crippen LogP contribution in [0.25, 0.3) is 0 Å². The molecule has 7 nitrogen and oxygen atoms in total.